The smallest absolute Gasteiger partial charge is 0.261 e. The molecule has 0 spiro atoms. The summed E-state index contributed by atoms with van der Waals surface area (Å²) in [5.41, 5.74) is 9.75. The lowest BCUT2D eigenvalue weighted by Gasteiger charge is -2.34. The fourth-order valence-corrected chi connectivity index (χ4v) is 5.32. The monoisotopic (exact) mass is 421 g/mol. The summed E-state index contributed by atoms with van der Waals surface area (Å²) in [5, 5.41) is 4.25. The molecule has 3 aromatic rings. The molecule has 2 heterocycles. The minimum absolute atomic E-state index is 0.0501. The first-order valence-electron chi connectivity index (χ1n) is 10.8. The molecule has 4 nitrogen and oxygen atoms in total. The lowest BCUT2D eigenvalue weighted by Crippen LogP contribution is -2.29. The average molecular weight is 422 g/mol. The number of hydrogen-bond donors (Lipinski definition) is 2. The molecular weight excluding hydrogens is 390 g/mol. The molecule has 0 unspecified atom stereocenters. The molecule has 0 fully saturated rings. The Labute approximate surface area is 182 Å². The first-order valence-corrected chi connectivity index (χ1v) is 11.6. The molecule has 1 aliphatic rings. The van der Waals surface area contributed by atoms with Crippen molar-refractivity contribution in [2.75, 3.05) is 6.54 Å². The van der Waals surface area contributed by atoms with Gasteiger partial charge in [0, 0.05) is 11.1 Å². The molecule has 5 heteroatoms. The number of amides is 1. The standard InChI is InChI=1S/C25H31N3OS/c1-25(2,3)19-9-10-20-17(14-19)13-18-15-22(30-24(18)28-20)23(29)27-21(11-12-26)16-7-5-4-6-8-16/h4-8,13,15,19,21H,9-12,14,26H2,1-3H3,(H,27,29)/t19-,21+/m0/s1. The molecule has 2 atom stereocenters. The van der Waals surface area contributed by atoms with Crippen LogP contribution in [0.2, 0.25) is 0 Å². The largest absolute Gasteiger partial charge is 0.344 e. The van der Waals surface area contributed by atoms with E-state index in [0.717, 1.165) is 28.6 Å². The lowest BCUT2D eigenvalue weighted by atomic mass is 9.71. The first-order chi connectivity index (χ1) is 14.3. The summed E-state index contributed by atoms with van der Waals surface area (Å²) in [7, 11) is 0. The number of fused-ring (bicyclic) bond motifs is 2. The van der Waals surface area contributed by atoms with Crippen LogP contribution in [0, 0.1) is 11.3 Å². The van der Waals surface area contributed by atoms with Crippen LogP contribution in [-0.4, -0.2) is 17.4 Å². The number of nitrogens with two attached hydrogens (primary N) is 1. The normalized spacial score (nSPS) is 17.5. The summed E-state index contributed by atoms with van der Waals surface area (Å²) in [6, 6.07) is 14.2. The van der Waals surface area contributed by atoms with Crippen molar-refractivity contribution in [3.8, 4) is 0 Å². The Hall–Kier alpha value is -2.24. The minimum Gasteiger partial charge on any atom is -0.344 e. The molecule has 4 rings (SSSR count). The maximum atomic E-state index is 13.0. The number of thiophene rings is 1. The zero-order valence-corrected chi connectivity index (χ0v) is 18.9. The van der Waals surface area contributed by atoms with E-state index >= 15 is 0 Å². The summed E-state index contributed by atoms with van der Waals surface area (Å²) in [4.78, 5) is 19.6. The van der Waals surface area contributed by atoms with E-state index in [0.29, 0.717) is 29.2 Å². The van der Waals surface area contributed by atoms with Gasteiger partial charge >= 0.3 is 0 Å². The van der Waals surface area contributed by atoms with Gasteiger partial charge in [-0.05, 0) is 66.8 Å². The second-order valence-electron chi connectivity index (χ2n) is 9.42. The van der Waals surface area contributed by atoms with Gasteiger partial charge in [-0.3, -0.25) is 4.79 Å². The highest BCUT2D eigenvalue weighted by Gasteiger charge is 2.29. The Morgan fingerprint density at radius 1 is 1.27 bits per heavy atom. The summed E-state index contributed by atoms with van der Waals surface area (Å²) < 4.78 is 0. The van der Waals surface area contributed by atoms with Gasteiger partial charge in [0.15, 0.2) is 0 Å². The highest BCUT2D eigenvalue weighted by molar-refractivity contribution is 7.20. The van der Waals surface area contributed by atoms with Crippen LogP contribution in [0.1, 0.15) is 66.1 Å². The van der Waals surface area contributed by atoms with Gasteiger partial charge in [-0.1, -0.05) is 51.1 Å². The Morgan fingerprint density at radius 3 is 2.73 bits per heavy atom. The third-order valence-electron chi connectivity index (χ3n) is 6.28. The van der Waals surface area contributed by atoms with E-state index in [9.17, 15) is 4.79 Å². The van der Waals surface area contributed by atoms with Crippen molar-refractivity contribution in [3.05, 3.63) is 64.2 Å². The predicted molar refractivity (Wildman–Crippen MR) is 125 cm³/mol. The highest BCUT2D eigenvalue weighted by Crippen LogP contribution is 2.38. The predicted octanol–water partition coefficient (Wildman–Crippen LogP) is 5.27. The SMILES string of the molecule is CC(C)(C)[C@H]1CCc2nc3sc(C(=O)N[C@H](CCN)c4ccccc4)cc3cc2C1. The van der Waals surface area contributed by atoms with E-state index in [1.54, 1.807) is 0 Å². The molecule has 2 aromatic heterocycles. The topological polar surface area (TPSA) is 68.0 Å². The van der Waals surface area contributed by atoms with Crippen molar-refractivity contribution in [2.45, 2.75) is 52.5 Å². The van der Waals surface area contributed by atoms with Gasteiger partial charge < -0.3 is 11.1 Å². The van der Waals surface area contributed by atoms with Crippen LogP contribution in [0.3, 0.4) is 0 Å². The number of nitrogens with zero attached hydrogens (tertiary/aromatic N) is 1. The van der Waals surface area contributed by atoms with Crippen molar-refractivity contribution in [1.82, 2.24) is 10.3 Å². The fourth-order valence-electron chi connectivity index (χ4n) is 4.38. The van der Waals surface area contributed by atoms with Crippen molar-refractivity contribution in [1.29, 1.82) is 0 Å². The average Bonchev–Trinajstić information content (AvgIpc) is 3.14. The Morgan fingerprint density at radius 2 is 2.03 bits per heavy atom. The van der Waals surface area contributed by atoms with Crippen LogP contribution in [0.4, 0.5) is 0 Å². The van der Waals surface area contributed by atoms with Crippen LogP contribution in [-0.2, 0) is 12.8 Å². The van der Waals surface area contributed by atoms with E-state index < -0.39 is 0 Å². The molecule has 3 N–H and O–H groups in total. The second kappa shape index (κ2) is 8.48. The molecule has 158 valence electrons. The molecule has 0 bridgehead atoms. The number of hydrogen-bond acceptors (Lipinski definition) is 4. The van der Waals surface area contributed by atoms with Crippen LogP contribution < -0.4 is 11.1 Å². The van der Waals surface area contributed by atoms with Crippen LogP contribution in [0.25, 0.3) is 10.2 Å². The molecule has 0 saturated carbocycles. The van der Waals surface area contributed by atoms with Gasteiger partial charge in [-0.25, -0.2) is 4.98 Å². The number of aromatic nitrogens is 1. The number of nitrogens with one attached hydrogen (secondary N) is 1. The van der Waals surface area contributed by atoms with Crippen LogP contribution in [0.15, 0.2) is 42.5 Å². The second-order valence-corrected chi connectivity index (χ2v) is 10.4. The Balaban J connectivity index is 1.57. The molecule has 1 amide bonds. The number of aryl methyl sites for hydroxylation is 1. The van der Waals surface area contributed by atoms with Gasteiger partial charge in [0.1, 0.15) is 4.83 Å². The quantitative estimate of drug-likeness (QED) is 0.590. The maximum absolute atomic E-state index is 13.0. The van der Waals surface area contributed by atoms with Crippen molar-refractivity contribution in [2.24, 2.45) is 17.1 Å². The van der Waals surface area contributed by atoms with E-state index in [4.69, 9.17) is 10.7 Å². The summed E-state index contributed by atoms with van der Waals surface area (Å²) in [6.07, 6.45) is 4.00. The zero-order valence-electron chi connectivity index (χ0n) is 18.1. The number of carbonyl (C=O) groups excluding carboxylic acids is 1. The van der Waals surface area contributed by atoms with E-state index in [1.807, 2.05) is 36.4 Å². The maximum Gasteiger partial charge on any atom is 0.261 e. The van der Waals surface area contributed by atoms with Crippen LogP contribution >= 0.6 is 11.3 Å². The lowest BCUT2D eigenvalue weighted by molar-refractivity contribution is 0.0939. The molecule has 30 heavy (non-hydrogen) atoms. The molecule has 0 saturated heterocycles. The third kappa shape index (κ3) is 4.42. The Bertz CT molecular complexity index is 1040. The van der Waals surface area contributed by atoms with Gasteiger partial charge in [0.2, 0.25) is 0 Å². The molecule has 0 radical (unpaired) electrons. The molecular formula is C25H31N3OS. The number of pyridine rings is 1. The van der Waals surface area contributed by atoms with Gasteiger partial charge in [-0.15, -0.1) is 11.3 Å². The third-order valence-corrected chi connectivity index (χ3v) is 7.33. The fraction of sp³-hybridized carbons (Fsp3) is 0.440. The highest BCUT2D eigenvalue weighted by atomic mass is 32.1. The van der Waals surface area contributed by atoms with Gasteiger partial charge in [0.25, 0.3) is 5.91 Å². The van der Waals surface area contributed by atoms with E-state index in [1.165, 1.54) is 29.0 Å². The Kier molecular flexibility index (Phi) is 5.94. The summed E-state index contributed by atoms with van der Waals surface area (Å²) in [6.45, 7) is 7.50. The van der Waals surface area contributed by atoms with Gasteiger partial charge in [-0.2, -0.15) is 0 Å². The number of rotatable bonds is 5. The van der Waals surface area contributed by atoms with Crippen molar-refractivity contribution < 1.29 is 4.79 Å². The number of carbonyl (C=O) groups is 1. The molecule has 1 aliphatic carbocycles. The molecule has 0 aliphatic heterocycles. The molecule has 1 aromatic carbocycles. The van der Waals surface area contributed by atoms with Crippen LogP contribution in [0.5, 0.6) is 0 Å². The number of benzene rings is 1. The van der Waals surface area contributed by atoms with Gasteiger partial charge in [0.05, 0.1) is 10.9 Å². The van der Waals surface area contributed by atoms with Crippen molar-refractivity contribution >= 4 is 27.5 Å². The van der Waals surface area contributed by atoms with E-state index in [2.05, 4.69) is 32.2 Å². The summed E-state index contributed by atoms with van der Waals surface area (Å²) >= 11 is 1.49. The first kappa shape index (κ1) is 21.0. The summed E-state index contributed by atoms with van der Waals surface area (Å²) in [5.74, 6) is 0.624. The van der Waals surface area contributed by atoms with Crippen molar-refractivity contribution in [3.63, 3.8) is 0 Å². The van der Waals surface area contributed by atoms with E-state index in [-0.39, 0.29) is 11.9 Å². The zero-order chi connectivity index (χ0) is 21.3. The minimum atomic E-state index is -0.0809.